The number of hydrogen-bond acceptors (Lipinski definition) is 5. The Labute approximate surface area is 119 Å². The summed E-state index contributed by atoms with van der Waals surface area (Å²) in [4.78, 5) is 8.49. The topological polar surface area (TPSA) is 75.9 Å². The van der Waals surface area contributed by atoms with Crippen LogP contribution in [-0.2, 0) is 6.42 Å². The van der Waals surface area contributed by atoms with Gasteiger partial charge < -0.3 is 10.7 Å². The van der Waals surface area contributed by atoms with Crippen LogP contribution >= 0.6 is 0 Å². The summed E-state index contributed by atoms with van der Waals surface area (Å²) in [5.41, 5.74) is 4.90. The molecule has 0 spiro atoms. The normalized spacial score (nSPS) is 10.3. The predicted octanol–water partition coefficient (Wildman–Crippen LogP) is 3.16. The van der Waals surface area contributed by atoms with Crippen molar-refractivity contribution in [2.75, 3.05) is 10.7 Å². The molecule has 20 heavy (non-hydrogen) atoms. The molecule has 0 saturated carbocycles. The Balaban J connectivity index is 2.07. The average molecular weight is 271 g/mol. The van der Waals surface area contributed by atoms with Crippen LogP contribution in [0.1, 0.15) is 31.2 Å². The highest BCUT2D eigenvalue weighted by Gasteiger charge is 2.01. The predicted molar refractivity (Wildman–Crippen MR) is 82.9 cm³/mol. The van der Waals surface area contributed by atoms with Gasteiger partial charge in [-0.25, -0.2) is 15.8 Å². The maximum absolute atomic E-state index is 5.38. The van der Waals surface area contributed by atoms with E-state index in [-0.39, 0.29) is 0 Å². The standard InChI is InChI=1S/C15H21N5/c1-3-4-5-12-6-8-13(9-7-12)19-14-10-15(20-16)18-11(2)17-14/h6-10H,3-5,16H2,1-2H3,(H2,17,18,19,20). The summed E-state index contributed by atoms with van der Waals surface area (Å²) in [6.45, 7) is 4.04. The second-order valence-corrected chi connectivity index (χ2v) is 4.76. The van der Waals surface area contributed by atoms with Crippen molar-refractivity contribution in [2.24, 2.45) is 5.84 Å². The molecular formula is C15H21N5. The molecule has 0 unspecified atom stereocenters. The van der Waals surface area contributed by atoms with E-state index in [1.807, 2.05) is 6.92 Å². The number of benzene rings is 1. The number of nitrogens with one attached hydrogen (secondary N) is 2. The molecule has 0 aliphatic carbocycles. The summed E-state index contributed by atoms with van der Waals surface area (Å²) >= 11 is 0. The Morgan fingerprint density at radius 1 is 1.10 bits per heavy atom. The fraction of sp³-hybridized carbons (Fsp3) is 0.333. The van der Waals surface area contributed by atoms with Crippen molar-refractivity contribution >= 4 is 17.3 Å². The van der Waals surface area contributed by atoms with Crippen molar-refractivity contribution in [3.8, 4) is 0 Å². The van der Waals surface area contributed by atoms with Gasteiger partial charge >= 0.3 is 0 Å². The van der Waals surface area contributed by atoms with Crippen LogP contribution in [0, 0.1) is 6.92 Å². The molecular weight excluding hydrogens is 250 g/mol. The van der Waals surface area contributed by atoms with Gasteiger partial charge in [0.05, 0.1) is 0 Å². The molecule has 0 atom stereocenters. The molecule has 5 heteroatoms. The van der Waals surface area contributed by atoms with Gasteiger partial charge in [0, 0.05) is 11.8 Å². The third-order valence-electron chi connectivity index (χ3n) is 3.03. The molecule has 1 aromatic carbocycles. The molecule has 1 aromatic heterocycles. The molecule has 0 aliphatic rings. The lowest BCUT2D eigenvalue weighted by molar-refractivity contribution is 0.795. The second kappa shape index (κ2) is 6.86. The monoisotopic (exact) mass is 271 g/mol. The maximum Gasteiger partial charge on any atom is 0.145 e. The van der Waals surface area contributed by atoms with Crippen molar-refractivity contribution in [1.82, 2.24) is 9.97 Å². The zero-order valence-electron chi connectivity index (χ0n) is 12.0. The Hall–Kier alpha value is -2.14. The summed E-state index contributed by atoms with van der Waals surface area (Å²) < 4.78 is 0. The SMILES string of the molecule is CCCCc1ccc(Nc2cc(NN)nc(C)n2)cc1. The van der Waals surface area contributed by atoms with Crippen LogP contribution in [0.2, 0.25) is 0 Å². The Morgan fingerprint density at radius 2 is 1.80 bits per heavy atom. The summed E-state index contributed by atoms with van der Waals surface area (Å²) in [5.74, 6) is 7.37. The largest absolute Gasteiger partial charge is 0.340 e. The van der Waals surface area contributed by atoms with Gasteiger partial charge in [-0.15, -0.1) is 0 Å². The number of aryl methyl sites for hydroxylation is 2. The van der Waals surface area contributed by atoms with Crippen molar-refractivity contribution in [1.29, 1.82) is 0 Å². The number of aromatic nitrogens is 2. The van der Waals surface area contributed by atoms with E-state index < -0.39 is 0 Å². The lowest BCUT2D eigenvalue weighted by Crippen LogP contribution is -2.10. The van der Waals surface area contributed by atoms with Crippen molar-refractivity contribution in [2.45, 2.75) is 33.1 Å². The highest BCUT2D eigenvalue weighted by Crippen LogP contribution is 2.18. The van der Waals surface area contributed by atoms with Gasteiger partial charge in [-0.05, 0) is 37.5 Å². The first-order valence-corrected chi connectivity index (χ1v) is 6.89. The highest BCUT2D eigenvalue weighted by molar-refractivity contribution is 5.59. The molecule has 2 rings (SSSR count). The molecule has 5 nitrogen and oxygen atoms in total. The zero-order valence-corrected chi connectivity index (χ0v) is 12.0. The molecule has 1 heterocycles. The van der Waals surface area contributed by atoms with Gasteiger partial charge in [0.25, 0.3) is 0 Å². The zero-order chi connectivity index (χ0) is 14.4. The van der Waals surface area contributed by atoms with Crippen LogP contribution in [-0.4, -0.2) is 9.97 Å². The minimum absolute atomic E-state index is 0.597. The summed E-state index contributed by atoms with van der Waals surface area (Å²) in [6.07, 6.45) is 3.57. The summed E-state index contributed by atoms with van der Waals surface area (Å²) in [5, 5.41) is 3.26. The number of hydrazine groups is 1. The lowest BCUT2D eigenvalue weighted by atomic mass is 10.1. The molecule has 0 radical (unpaired) electrons. The summed E-state index contributed by atoms with van der Waals surface area (Å²) in [6, 6.07) is 10.2. The minimum atomic E-state index is 0.597. The van der Waals surface area contributed by atoms with Gasteiger partial charge in [-0.3, -0.25) is 0 Å². The molecule has 0 aliphatic heterocycles. The maximum atomic E-state index is 5.38. The number of nitrogen functional groups attached to an aromatic ring is 1. The van der Waals surface area contributed by atoms with E-state index in [9.17, 15) is 0 Å². The number of unbranched alkanes of at least 4 members (excludes halogenated alkanes) is 1. The van der Waals surface area contributed by atoms with E-state index in [4.69, 9.17) is 5.84 Å². The number of nitrogens with zero attached hydrogens (tertiary/aromatic N) is 2. The molecule has 0 fully saturated rings. The first kappa shape index (κ1) is 14.3. The smallest absolute Gasteiger partial charge is 0.145 e. The molecule has 0 amide bonds. The van der Waals surface area contributed by atoms with Crippen molar-refractivity contribution in [3.05, 3.63) is 41.7 Å². The number of hydrogen-bond donors (Lipinski definition) is 3. The van der Waals surface area contributed by atoms with E-state index >= 15 is 0 Å². The second-order valence-electron chi connectivity index (χ2n) is 4.76. The summed E-state index contributed by atoms with van der Waals surface area (Å²) in [7, 11) is 0. The van der Waals surface area contributed by atoms with E-state index in [0.717, 1.165) is 17.9 Å². The third-order valence-corrected chi connectivity index (χ3v) is 3.03. The van der Waals surface area contributed by atoms with E-state index in [1.165, 1.54) is 18.4 Å². The van der Waals surface area contributed by atoms with Crippen LogP contribution in [0.5, 0.6) is 0 Å². The first-order valence-electron chi connectivity index (χ1n) is 6.89. The number of rotatable bonds is 6. The molecule has 4 N–H and O–H groups in total. The van der Waals surface area contributed by atoms with Crippen molar-refractivity contribution in [3.63, 3.8) is 0 Å². The Kier molecular flexibility index (Phi) is 4.90. The Bertz CT molecular complexity index is 551. The van der Waals surface area contributed by atoms with Gasteiger partial charge in [-0.1, -0.05) is 25.5 Å². The quantitative estimate of drug-likeness (QED) is 0.556. The Morgan fingerprint density at radius 3 is 2.45 bits per heavy atom. The number of anilines is 3. The minimum Gasteiger partial charge on any atom is -0.340 e. The van der Waals surface area contributed by atoms with E-state index in [2.05, 4.69) is 51.9 Å². The van der Waals surface area contributed by atoms with Crippen molar-refractivity contribution < 1.29 is 0 Å². The highest BCUT2D eigenvalue weighted by atomic mass is 15.3. The van der Waals surface area contributed by atoms with Crippen LogP contribution in [0.15, 0.2) is 30.3 Å². The molecule has 0 saturated heterocycles. The molecule has 106 valence electrons. The average Bonchev–Trinajstić information content (AvgIpc) is 2.46. The fourth-order valence-corrected chi connectivity index (χ4v) is 1.99. The number of nitrogens with two attached hydrogens (primary N) is 1. The van der Waals surface area contributed by atoms with E-state index in [0.29, 0.717) is 11.6 Å². The van der Waals surface area contributed by atoms with Crippen LogP contribution in [0.3, 0.4) is 0 Å². The lowest BCUT2D eigenvalue weighted by Gasteiger charge is -2.09. The van der Waals surface area contributed by atoms with Gasteiger partial charge in [0.2, 0.25) is 0 Å². The van der Waals surface area contributed by atoms with Gasteiger partial charge in [0.1, 0.15) is 17.5 Å². The van der Waals surface area contributed by atoms with Gasteiger partial charge in [-0.2, -0.15) is 0 Å². The fourth-order valence-electron chi connectivity index (χ4n) is 1.99. The third kappa shape index (κ3) is 3.93. The first-order chi connectivity index (χ1) is 9.71. The van der Waals surface area contributed by atoms with Crippen LogP contribution in [0.4, 0.5) is 17.3 Å². The molecule has 2 aromatic rings. The van der Waals surface area contributed by atoms with E-state index in [1.54, 1.807) is 6.07 Å². The van der Waals surface area contributed by atoms with Crippen LogP contribution < -0.4 is 16.6 Å². The van der Waals surface area contributed by atoms with Crippen LogP contribution in [0.25, 0.3) is 0 Å². The van der Waals surface area contributed by atoms with Gasteiger partial charge in [0.15, 0.2) is 0 Å². The molecule has 0 bridgehead atoms.